The molecule has 1 amide bonds. The van der Waals surface area contributed by atoms with E-state index < -0.39 is 0 Å². The average molecular weight is 340 g/mol. The van der Waals surface area contributed by atoms with Crippen LogP contribution in [0.1, 0.15) is 30.1 Å². The number of carbonyl (C=O) groups excluding carboxylic acids is 2. The number of ether oxygens (including phenoxy) is 1. The normalized spacial score (nSPS) is 16.0. The highest BCUT2D eigenvalue weighted by molar-refractivity contribution is 9.10. The molecule has 1 fully saturated rings. The summed E-state index contributed by atoms with van der Waals surface area (Å²) in [5.41, 5.74) is 0.669. The molecule has 5 heteroatoms. The van der Waals surface area contributed by atoms with Crippen LogP contribution in [0.25, 0.3) is 0 Å². The number of amides is 1. The third kappa shape index (κ3) is 3.39. The molecule has 1 aromatic carbocycles. The van der Waals surface area contributed by atoms with Gasteiger partial charge in [-0.15, -0.1) is 0 Å². The Bertz CT molecular complexity index is 496. The summed E-state index contributed by atoms with van der Waals surface area (Å²) < 4.78 is 5.83. The molecule has 2 rings (SSSR count). The number of likely N-dealkylation sites (tertiary alicyclic amines) is 1. The van der Waals surface area contributed by atoms with Crippen molar-refractivity contribution in [2.45, 2.75) is 19.8 Å². The van der Waals surface area contributed by atoms with Gasteiger partial charge in [-0.25, -0.2) is 0 Å². The molecular formula is C15H18BrNO3. The van der Waals surface area contributed by atoms with Crippen molar-refractivity contribution in [3.8, 4) is 0 Å². The van der Waals surface area contributed by atoms with Crippen molar-refractivity contribution in [3.05, 3.63) is 34.3 Å². The van der Waals surface area contributed by atoms with Gasteiger partial charge in [0.15, 0.2) is 0 Å². The Morgan fingerprint density at radius 3 is 2.55 bits per heavy atom. The lowest BCUT2D eigenvalue weighted by Gasteiger charge is -2.31. The number of hydrogen-bond donors (Lipinski definition) is 0. The van der Waals surface area contributed by atoms with Crippen LogP contribution in [0.15, 0.2) is 28.7 Å². The monoisotopic (exact) mass is 339 g/mol. The lowest BCUT2D eigenvalue weighted by molar-refractivity contribution is -0.149. The summed E-state index contributed by atoms with van der Waals surface area (Å²) in [6.45, 7) is 3.42. The number of piperidine rings is 1. The van der Waals surface area contributed by atoms with Crippen molar-refractivity contribution >= 4 is 27.8 Å². The molecule has 0 spiro atoms. The summed E-state index contributed by atoms with van der Waals surface area (Å²) >= 11 is 3.40. The minimum atomic E-state index is -0.138. The summed E-state index contributed by atoms with van der Waals surface area (Å²) in [6, 6.07) is 7.40. The molecule has 1 aliphatic heterocycles. The predicted molar refractivity (Wildman–Crippen MR) is 79.4 cm³/mol. The zero-order chi connectivity index (χ0) is 14.5. The molecule has 108 valence electrons. The van der Waals surface area contributed by atoms with E-state index in [2.05, 4.69) is 15.9 Å². The molecule has 0 atom stereocenters. The van der Waals surface area contributed by atoms with Gasteiger partial charge in [0.25, 0.3) is 5.91 Å². The summed E-state index contributed by atoms with van der Waals surface area (Å²) in [6.07, 6.45) is 1.35. The smallest absolute Gasteiger partial charge is 0.309 e. The maximum Gasteiger partial charge on any atom is 0.309 e. The Labute approximate surface area is 127 Å². The number of esters is 1. The second-order valence-electron chi connectivity index (χ2n) is 4.80. The quantitative estimate of drug-likeness (QED) is 0.795. The number of rotatable bonds is 3. The SMILES string of the molecule is CCOC(=O)C1CCN(C(=O)c2ccccc2Br)CC1. The van der Waals surface area contributed by atoms with E-state index in [0.717, 1.165) is 4.47 Å². The first kappa shape index (κ1) is 15.0. The summed E-state index contributed by atoms with van der Waals surface area (Å²) in [7, 11) is 0. The zero-order valence-corrected chi connectivity index (χ0v) is 13.1. The van der Waals surface area contributed by atoms with Gasteiger partial charge in [-0.3, -0.25) is 9.59 Å². The minimum Gasteiger partial charge on any atom is -0.466 e. The van der Waals surface area contributed by atoms with Gasteiger partial charge in [0.2, 0.25) is 0 Å². The largest absolute Gasteiger partial charge is 0.466 e. The molecule has 0 bridgehead atoms. The van der Waals surface area contributed by atoms with E-state index in [-0.39, 0.29) is 17.8 Å². The Morgan fingerprint density at radius 2 is 1.95 bits per heavy atom. The molecule has 4 nitrogen and oxygen atoms in total. The van der Waals surface area contributed by atoms with E-state index in [1.165, 1.54) is 0 Å². The lowest BCUT2D eigenvalue weighted by Crippen LogP contribution is -2.40. The van der Waals surface area contributed by atoms with Crippen LogP contribution < -0.4 is 0 Å². The number of benzene rings is 1. The van der Waals surface area contributed by atoms with Crippen LogP contribution >= 0.6 is 15.9 Å². The Morgan fingerprint density at radius 1 is 1.30 bits per heavy atom. The van der Waals surface area contributed by atoms with Crippen molar-refractivity contribution in [3.63, 3.8) is 0 Å². The summed E-state index contributed by atoms with van der Waals surface area (Å²) in [5.74, 6) is -0.196. The van der Waals surface area contributed by atoms with E-state index in [4.69, 9.17) is 4.74 Å². The maximum absolute atomic E-state index is 12.4. The molecule has 0 unspecified atom stereocenters. The second-order valence-corrected chi connectivity index (χ2v) is 5.65. The van der Waals surface area contributed by atoms with E-state index in [1.54, 1.807) is 4.90 Å². The number of halogens is 1. The van der Waals surface area contributed by atoms with Crippen LogP contribution in [-0.2, 0) is 9.53 Å². The van der Waals surface area contributed by atoms with Gasteiger partial charge >= 0.3 is 5.97 Å². The average Bonchev–Trinajstić information content (AvgIpc) is 2.47. The zero-order valence-electron chi connectivity index (χ0n) is 11.5. The fraction of sp³-hybridized carbons (Fsp3) is 0.467. The molecule has 1 saturated heterocycles. The van der Waals surface area contributed by atoms with Gasteiger partial charge in [0, 0.05) is 17.6 Å². The predicted octanol–water partition coefficient (Wildman–Crippen LogP) is 2.86. The van der Waals surface area contributed by atoms with Gasteiger partial charge in [0.1, 0.15) is 0 Å². The van der Waals surface area contributed by atoms with E-state index in [0.29, 0.717) is 38.1 Å². The van der Waals surface area contributed by atoms with Gasteiger partial charge in [0.05, 0.1) is 18.1 Å². The Kier molecular flexibility index (Phi) is 5.17. The number of hydrogen-bond acceptors (Lipinski definition) is 3. The molecule has 0 N–H and O–H groups in total. The van der Waals surface area contributed by atoms with Gasteiger partial charge in [-0.2, -0.15) is 0 Å². The Balaban J connectivity index is 1.96. The highest BCUT2D eigenvalue weighted by Crippen LogP contribution is 2.23. The number of carbonyl (C=O) groups is 2. The van der Waals surface area contributed by atoms with Crippen LogP contribution in [0.4, 0.5) is 0 Å². The van der Waals surface area contributed by atoms with Crippen molar-refractivity contribution in [2.24, 2.45) is 5.92 Å². The van der Waals surface area contributed by atoms with Gasteiger partial charge in [-0.1, -0.05) is 12.1 Å². The molecule has 20 heavy (non-hydrogen) atoms. The van der Waals surface area contributed by atoms with Crippen molar-refractivity contribution < 1.29 is 14.3 Å². The summed E-state index contributed by atoms with van der Waals surface area (Å²) in [5, 5.41) is 0. The second kappa shape index (κ2) is 6.88. The first-order chi connectivity index (χ1) is 9.63. The van der Waals surface area contributed by atoms with Crippen LogP contribution in [0, 0.1) is 5.92 Å². The van der Waals surface area contributed by atoms with E-state index >= 15 is 0 Å². The minimum absolute atomic E-state index is 0.0137. The first-order valence-electron chi connectivity index (χ1n) is 6.84. The maximum atomic E-state index is 12.4. The number of nitrogens with zero attached hydrogens (tertiary/aromatic N) is 1. The Hall–Kier alpha value is -1.36. The molecular weight excluding hydrogens is 322 g/mol. The fourth-order valence-corrected chi connectivity index (χ4v) is 2.84. The highest BCUT2D eigenvalue weighted by Gasteiger charge is 2.29. The third-order valence-corrected chi connectivity index (χ3v) is 4.20. The van der Waals surface area contributed by atoms with Gasteiger partial charge < -0.3 is 9.64 Å². The molecule has 0 aromatic heterocycles. The molecule has 1 aromatic rings. The molecule has 1 heterocycles. The third-order valence-electron chi connectivity index (χ3n) is 3.51. The van der Waals surface area contributed by atoms with Crippen LogP contribution in [0.2, 0.25) is 0 Å². The van der Waals surface area contributed by atoms with Crippen molar-refractivity contribution in [1.82, 2.24) is 4.90 Å². The summed E-state index contributed by atoms with van der Waals surface area (Å²) in [4.78, 5) is 25.9. The highest BCUT2D eigenvalue weighted by atomic mass is 79.9. The van der Waals surface area contributed by atoms with Crippen LogP contribution in [0.3, 0.4) is 0 Å². The molecule has 0 saturated carbocycles. The van der Waals surface area contributed by atoms with E-state index in [1.807, 2.05) is 31.2 Å². The van der Waals surface area contributed by atoms with Crippen molar-refractivity contribution in [1.29, 1.82) is 0 Å². The van der Waals surface area contributed by atoms with Crippen molar-refractivity contribution in [2.75, 3.05) is 19.7 Å². The standard InChI is InChI=1S/C15H18BrNO3/c1-2-20-15(19)11-7-9-17(10-8-11)14(18)12-5-3-4-6-13(12)16/h3-6,11H,2,7-10H2,1H3. The fourth-order valence-electron chi connectivity index (χ4n) is 2.38. The van der Waals surface area contributed by atoms with Crippen LogP contribution in [-0.4, -0.2) is 36.5 Å². The molecule has 0 aliphatic carbocycles. The lowest BCUT2D eigenvalue weighted by atomic mass is 9.96. The first-order valence-corrected chi connectivity index (χ1v) is 7.63. The van der Waals surface area contributed by atoms with Crippen LogP contribution in [0.5, 0.6) is 0 Å². The molecule has 0 radical (unpaired) electrons. The topological polar surface area (TPSA) is 46.6 Å². The van der Waals surface area contributed by atoms with E-state index in [9.17, 15) is 9.59 Å². The molecule has 1 aliphatic rings. The van der Waals surface area contributed by atoms with Gasteiger partial charge in [-0.05, 0) is 47.8 Å².